The number of rotatable bonds is 10. The van der Waals surface area contributed by atoms with Crippen molar-refractivity contribution < 1.29 is 14.6 Å². The normalized spacial score (nSPS) is 13.1. The molecule has 0 aliphatic heterocycles. The number of carbonyl (C=O) groups is 1. The molecular formula is C26H30N4O5. The topological polar surface area (TPSA) is 115 Å². The summed E-state index contributed by atoms with van der Waals surface area (Å²) in [6.45, 7) is 5.86. The van der Waals surface area contributed by atoms with Gasteiger partial charge >= 0.3 is 17.3 Å². The van der Waals surface area contributed by atoms with Crippen LogP contribution < -0.4 is 21.4 Å². The highest BCUT2D eigenvalue weighted by atomic mass is 16.5. The van der Waals surface area contributed by atoms with Crippen molar-refractivity contribution in [2.24, 2.45) is 0 Å². The number of nitrogens with zero attached hydrogens (tertiary/aromatic N) is 3. The third-order valence-electron chi connectivity index (χ3n) is 5.81. The van der Waals surface area contributed by atoms with Gasteiger partial charge in [0, 0.05) is 12.2 Å². The smallest absolute Gasteiger partial charge is 0.354 e. The number of hydrogen-bond donors (Lipinski definition) is 2. The molecule has 2 N–H and O–H groups in total. The number of anilines is 2. The van der Waals surface area contributed by atoms with Crippen LogP contribution in [-0.4, -0.2) is 31.3 Å². The molecule has 1 aromatic heterocycles. The van der Waals surface area contributed by atoms with E-state index < -0.39 is 17.3 Å². The van der Waals surface area contributed by atoms with Gasteiger partial charge in [-0.2, -0.15) is 4.98 Å². The van der Waals surface area contributed by atoms with E-state index in [-0.39, 0.29) is 31.6 Å². The molecule has 4 rings (SSSR count). The van der Waals surface area contributed by atoms with E-state index in [0.717, 1.165) is 39.8 Å². The van der Waals surface area contributed by atoms with E-state index in [1.54, 1.807) is 0 Å². The van der Waals surface area contributed by atoms with E-state index in [4.69, 9.17) is 9.84 Å². The second-order valence-corrected chi connectivity index (χ2v) is 9.19. The fourth-order valence-electron chi connectivity index (χ4n) is 3.87. The zero-order valence-electron chi connectivity index (χ0n) is 20.2. The second kappa shape index (κ2) is 10.2. The maximum absolute atomic E-state index is 13.3. The van der Waals surface area contributed by atoms with Crippen LogP contribution in [0.2, 0.25) is 0 Å². The van der Waals surface area contributed by atoms with Crippen LogP contribution in [-0.2, 0) is 17.9 Å². The predicted molar refractivity (Wildman–Crippen MR) is 133 cm³/mol. The first kappa shape index (κ1) is 24.3. The zero-order valence-corrected chi connectivity index (χ0v) is 20.2. The van der Waals surface area contributed by atoms with Gasteiger partial charge < -0.3 is 15.2 Å². The van der Waals surface area contributed by atoms with Crippen molar-refractivity contribution >= 4 is 17.6 Å². The van der Waals surface area contributed by atoms with Crippen molar-refractivity contribution in [1.82, 2.24) is 14.1 Å². The Labute approximate surface area is 203 Å². The van der Waals surface area contributed by atoms with Crippen molar-refractivity contribution in [3.8, 4) is 5.75 Å². The van der Waals surface area contributed by atoms with Gasteiger partial charge in [-0.3, -0.25) is 9.36 Å². The quantitative estimate of drug-likeness (QED) is 0.457. The van der Waals surface area contributed by atoms with Crippen LogP contribution in [0.25, 0.3) is 0 Å². The third-order valence-corrected chi connectivity index (χ3v) is 5.81. The van der Waals surface area contributed by atoms with E-state index in [9.17, 15) is 14.4 Å². The molecular weight excluding hydrogens is 448 g/mol. The lowest BCUT2D eigenvalue weighted by Gasteiger charge is -2.18. The lowest BCUT2D eigenvalue weighted by molar-refractivity contribution is -0.137. The van der Waals surface area contributed by atoms with Gasteiger partial charge in [-0.1, -0.05) is 29.8 Å². The van der Waals surface area contributed by atoms with Crippen LogP contribution in [0.5, 0.6) is 5.75 Å². The Balaban J connectivity index is 1.73. The largest absolute Gasteiger partial charge is 0.491 e. The van der Waals surface area contributed by atoms with Crippen molar-refractivity contribution in [1.29, 1.82) is 0 Å². The average Bonchev–Trinajstić information content (AvgIpc) is 3.63. The number of aliphatic carboxylic acids is 1. The first-order chi connectivity index (χ1) is 16.7. The Morgan fingerprint density at radius 1 is 1.14 bits per heavy atom. The molecule has 0 unspecified atom stereocenters. The first-order valence-corrected chi connectivity index (χ1v) is 11.8. The van der Waals surface area contributed by atoms with E-state index in [0.29, 0.717) is 11.6 Å². The predicted octanol–water partition coefficient (Wildman–Crippen LogP) is 3.64. The molecule has 1 aliphatic rings. The summed E-state index contributed by atoms with van der Waals surface area (Å²) in [6, 6.07) is 13.4. The Morgan fingerprint density at radius 3 is 2.49 bits per heavy atom. The number of aromatic nitrogens is 3. The van der Waals surface area contributed by atoms with Crippen LogP contribution >= 0.6 is 0 Å². The molecule has 184 valence electrons. The highest BCUT2D eigenvalue weighted by Crippen LogP contribution is 2.45. The molecule has 9 heteroatoms. The molecule has 2 aromatic carbocycles. The second-order valence-electron chi connectivity index (χ2n) is 9.19. The van der Waals surface area contributed by atoms with Crippen LogP contribution in [0.4, 0.5) is 11.6 Å². The maximum Gasteiger partial charge on any atom is 0.354 e. The lowest BCUT2D eigenvalue weighted by atomic mass is 10.1. The van der Waals surface area contributed by atoms with Gasteiger partial charge in [-0.15, -0.1) is 0 Å². The number of benzene rings is 2. The number of carboxylic acid groups (broad SMARTS) is 1. The zero-order chi connectivity index (χ0) is 25.1. The summed E-state index contributed by atoms with van der Waals surface area (Å²) in [5.74, 6) is 0.269. The Bertz CT molecular complexity index is 1340. The van der Waals surface area contributed by atoms with E-state index in [2.05, 4.69) is 10.3 Å². The minimum atomic E-state index is -1.10. The fraction of sp³-hybridized carbons (Fsp3) is 0.385. The molecule has 1 fully saturated rings. The van der Waals surface area contributed by atoms with Crippen molar-refractivity contribution in [3.05, 3.63) is 80.1 Å². The van der Waals surface area contributed by atoms with Gasteiger partial charge in [0.1, 0.15) is 5.75 Å². The molecule has 9 nitrogen and oxygen atoms in total. The molecule has 0 atom stereocenters. The Kier molecular flexibility index (Phi) is 7.04. The molecule has 1 aliphatic carbocycles. The highest BCUT2D eigenvalue weighted by Gasteiger charge is 2.27. The summed E-state index contributed by atoms with van der Waals surface area (Å²) >= 11 is 0. The van der Waals surface area contributed by atoms with Gasteiger partial charge in [0.25, 0.3) is 0 Å². The molecule has 1 saturated carbocycles. The number of aryl methyl sites for hydroxylation is 1. The minimum absolute atomic E-state index is 0.0473. The van der Waals surface area contributed by atoms with Crippen molar-refractivity contribution in [2.75, 3.05) is 5.32 Å². The van der Waals surface area contributed by atoms with Gasteiger partial charge in [0.2, 0.25) is 5.95 Å². The summed E-state index contributed by atoms with van der Waals surface area (Å²) in [6.07, 6.45) is 1.88. The van der Waals surface area contributed by atoms with Crippen LogP contribution in [0.3, 0.4) is 0 Å². The summed E-state index contributed by atoms with van der Waals surface area (Å²) in [4.78, 5) is 41.1. The molecule has 0 spiro atoms. The average molecular weight is 479 g/mol. The molecule has 0 radical (unpaired) electrons. The summed E-state index contributed by atoms with van der Waals surface area (Å²) in [7, 11) is 0. The maximum atomic E-state index is 13.3. The molecule has 3 aromatic rings. The summed E-state index contributed by atoms with van der Waals surface area (Å²) < 4.78 is 8.19. The molecule has 0 saturated heterocycles. The highest BCUT2D eigenvalue weighted by molar-refractivity contribution is 5.66. The Morgan fingerprint density at radius 2 is 1.86 bits per heavy atom. The van der Waals surface area contributed by atoms with Crippen LogP contribution in [0, 0.1) is 6.92 Å². The third kappa shape index (κ3) is 5.98. The standard InChI is InChI=1S/C26H30N4O5/c1-16(2)35-22-11-10-20(14-21(22)19-8-9-19)27-24-28-25(33)29(13-12-23(31)32)26(34)30(24)15-18-6-4-17(3)5-7-18/h4-7,10-11,14,16,19H,8-9,12-13,15H2,1-3H3,(H,31,32)(H,27,28,33). The fourth-order valence-corrected chi connectivity index (χ4v) is 3.87. The van der Waals surface area contributed by atoms with Crippen LogP contribution in [0.1, 0.15) is 55.7 Å². The number of nitrogens with one attached hydrogen (secondary N) is 1. The summed E-state index contributed by atoms with van der Waals surface area (Å²) in [5, 5.41) is 12.2. The number of ether oxygens (including phenoxy) is 1. The van der Waals surface area contributed by atoms with Gasteiger partial charge in [0.15, 0.2) is 0 Å². The summed E-state index contributed by atoms with van der Waals surface area (Å²) in [5.41, 5.74) is 2.31. The van der Waals surface area contributed by atoms with E-state index >= 15 is 0 Å². The molecule has 0 amide bonds. The monoisotopic (exact) mass is 478 g/mol. The first-order valence-electron chi connectivity index (χ1n) is 11.8. The molecule has 0 bridgehead atoms. The molecule has 1 heterocycles. The van der Waals surface area contributed by atoms with E-state index in [1.165, 1.54) is 4.57 Å². The molecule has 35 heavy (non-hydrogen) atoms. The van der Waals surface area contributed by atoms with Gasteiger partial charge in [-0.05, 0) is 68.9 Å². The van der Waals surface area contributed by atoms with Crippen molar-refractivity contribution in [2.45, 2.75) is 65.1 Å². The van der Waals surface area contributed by atoms with Crippen LogP contribution in [0.15, 0.2) is 52.1 Å². The van der Waals surface area contributed by atoms with Crippen molar-refractivity contribution in [3.63, 3.8) is 0 Å². The Hall–Kier alpha value is -3.88. The number of hydrogen-bond acceptors (Lipinski definition) is 6. The van der Waals surface area contributed by atoms with Gasteiger partial charge in [0.05, 0.1) is 19.1 Å². The number of carboxylic acids is 1. The lowest BCUT2D eigenvalue weighted by Crippen LogP contribution is -2.43. The van der Waals surface area contributed by atoms with Gasteiger partial charge in [-0.25, -0.2) is 14.2 Å². The van der Waals surface area contributed by atoms with E-state index in [1.807, 2.05) is 63.2 Å². The minimum Gasteiger partial charge on any atom is -0.491 e. The SMILES string of the molecule is Cc1ccc(Cn2c(Nc3ccc(OC(C)C)c(C4CC4)c3)nc(=O)n(CCC(=O)O)c2=O)cc1.